The lowest BCUT2D eigenvalue weighted by Gasteiger charge is -2.56. The molecule has 3 saturated heterocycles. The summed E-state index contributed by atoms with van der Waals surface area (Å²) >= 11 is 0. The zero-order valence-electron chi connectivity index (χ0n) is 17.0. The van der Waals surface area contributed by atoms with Crippen LogP contribution in [0.3, 0.4) is 0 Å². The number of sulfonamides is 1. The fourth-order valence-corrected chi connectivity index (χ4v) is 7.34. The molecule has 2 aromatic rings. The molecule has 4 atom stereocenters. The lowest BCUT2D eigenvalue weighted by atomic mass is 9.72. The van der Waals surface area contributed by atoms with Gasteiger partial charge < -0.3 is 4.42 Å². The van der Waals surface area contributed by atoms with Crippen LogP contribution in [0.15, 0.2) is 33.9 Å². The van der Waals surface area contributed by atoms with Crippen LogP contribution < -0.4 is 0 Å². The van der Waals surface area contributed by atoms with Crippen LogP contribution in [0.4, 0.5) is 0 Å². The normalized spacial score (nSPS) is 30.9. The van der Waals surface area contributed by atoms with Crippen molar-refractivity contribution in [2.75, 3.05) is 19.6 Å². The number of nitrogens with one attached hydrogen (secondary N) is 1. The van der Waals surface area contributed by atoms with Crippen molar-refractivity contribution in [1.29, 1.82) is 0 Å². The van der Waals surface area contributed by atoms with Gasteiger partial charge >= 0.3 is 0 Å². The minimum Gasteiger partial charge on any atom is -0.442 e. The number of hydrogen-bond donors (Lipinski definition) is 1. The van der Waals surface area contributed by atoms with E-state index in [-0.39, 0.29) is 5.09 Å². The van der Waals surface area contributed by atoms with E-state index in [0.717, 1.165) is 19.3 Å². The summed E-state index contributed by atoms with van der Waals surface area (Å²) < 4.78 is 34.3. The van der Waals surface area contributed by atoms with Gasteiger partial charge in [0.25, 0.3) is 10.0 Å². The first kappa shape index (κ1) is 19.3. The zero-order chi connectivity index (χ0) is 20.0. The number of furan rings is 1. The van der Waals surface area contributed by atoms with Gasteiger partial charge in [-0.1, -0.05) is 19.8 Å². The summed E-state index contributed by atoms with van der Waals surface area (Å²) in [7, 11) is -3.64. The first-order valence-electron chi connectivity index (χ1n) is 10.9. The Morgan fingerprint density at radius 1 is 1.21 bits per heavy atom. The zero-order valence-corrected chi connectivity index (χ0v) is 17.8. The van der Waals surface area contributed by atoms with Crippen molar-refractivity contribution in [3.05, 3.63) is 24.4 Å². The van der Waals surface area contributed by atoms with Crippen LogP contribution in [-0.2, 0) is 10.0 Å². The Morgan fingerprint density at radius 2 is 2.07 bits per heavy atom. The third-order valence-electron chi connectivity index (χ3n) is 7.11. The molecular weight excluding hydrogens is 388 g/mol. The third kappa shape index (κ3) is 3.35. The average Bonchev–Trinajstić information content (AvgIpc) is 3.43. The first-order chi connectivity index (χ1) is 14.1. The molecule has 0 radical (unpaired) electrons. The van der Waals surface area contributed by atoms with Crippen LogP contribution in [0.5, 0.6) is 0 Å². The average molecular weight is 419 g/mol. The van der Waals surface area contributed by atoms with Crippen molar-refractivity contribution in [3.63, 3.8) is 0 Å². The molecule has 3 fully saturated rings. The van der Waals surface area contributed by atoms with Gasteiger partial charge in [-0.15, -0.1) is 0 Å². The van der Waals surface area contributed by atoms with Crippen molar-refractivity contribution in [1.82, 2.24) is 19.4 Å². The van der Waals surface area contributed by atoms with E-state index in [9.17, 15) is 8.42 Å². The number of aromatic nitrogens is 2. The predicted octanol–water partition coefficient (Wildman–Crippen LogP) is 3.33. The lowest BCUT2D eigenvalue weighted by molar-refractivity contribution is -0.0583. The van der Waals surface area contributed by atoms with Gasteiger partial charge in [0.2, 0.25) is 5.09 Å². The summed E-state index contributed by atoms with van der Waals surface area (Å²) in [6, 6.07) is 6.09. The van der Waals surface area contributed by atoms with Gasteiger partial charge in [-0.3, -0.25) is 10.00 Å². The molecule has 8 heteroatoms. The molecule has 2 bridgehead atoms. The molecule has 3 aliphatic rings. The van der Waals surface area contributed by atoms with Gasteiger partial charge in [-0.25, -0.2) is 8.42 Å². The number of piperidine rings is 3. The molecule has 0 spiro atoms. The Morgan fingerprint density at radius 3 is 2.86 bits per heavy atom. The maximum atomic E-state index is 13.4. The van der Waals surface area contributed by atoms with E-state index in [4.69, 9.17) is 4.42 Å². The molecule has 0 aromatic carbocycles. The Labute approximate surface area is 172 Å². The summed E-state index contributed by atoms with van der Waals surface area (Å²) in [6.07, 6.45) is 8.84. The highest BCUT2D eigenvalue weighted by Gasteiger charge is 2.49. The number of rotatable bonds is 5. The van der Waals surface area contributed by atoms with Crippen molar-refractivity contribution in [2.45, 2.75) is 62.6 Å². The second-order valence-corrected chi connectivity index (χ2v) is 10.7. The summed E-state index contributed by atoms with van der Waals surface area (Å²) in [5.41, 5.74) is 0.683. The molecule has 3 aliphatic heterocycles. The highest BCUT2D eigenvalue weighted by Crippen LogP contribution is 2.43. The molecule has 5 rings (SSSR count). The van der Waals surface area contributed by atoms with E-state index in [2.05, 4.69) is 22.0 Å². The molecule has 0 amide bonds. The van der Waals surface area contributed by atoms with Gasteiger partial charge in [0.05, 0.1) is 0 Å². The number of fused-ring (bicyclic) bond motifs is 4. The Kier molecular flexibility index (Phi) is 5.04. The van der Waals surface area contributed by atoms with Gasteiger partial charge in [-0.05, 0) is 62.3 Å². The number of aromatic amines is 1. The summed E-state index contributed by atoms with van der Waals surface area (Å²) in [5, 5.41) is 6.77. The van der Waals surface area contributed by atoms with E-state index in [0.29, 0.717) is 48.5 Å². The van der Waals surface area contributed by atoms with Crippen molar-refractivity contribution >= 4 is 10.0 Å². The highest BCUT2D eigenvalue weighted by atomic mass is 32.2. The number of H-pyrrole nitrogens is 1. The molecule has 1 N–H and O–H groups in total. The standard InChI is InChI=1S/C21H30N4O3S/c1-2-5-18-15-12-16(19-6-3-4-11-25(18)19)14-24(13-15)29(26,27)21-8-7-20(28-21)17-9-10-22-23-17/h7-10,15-16,18-19H,2-6,11-14H2,1H3,(H,22,23)/t15-,16+,18-,19-/m0/s1. The maximum absolute atomic E-state index is 13.4. The quantitative estimate of drug-likeness (QED) is 0.805. The third-order valence-corrected chi connectivity index (χ3v) is 8.82. The highest BCUT2D eigenvalue weighted by molar-refractivity contribution is 7.89. The van der Waals surface area contributed by atoms with Crippen LogP contribution in [0, 0.1) is 11.8 Å². The van der Waals surface area contributed by atoms with Gasteiger partial charge in [0.1, 0.15) is 5.69 Å². The Balaban J connectivity index is 1.42. The van der Waals surface area contributed by atoms with E-state index in [1.807, 2.05) is 0 Å². The number of hydrogen-bond acceptors (Lipinski definition) is 5. The SMILES string of the molecule is CCC[C@H]1[C@H]2C[C@H](CN(S(=O)(=O)c3ccc(-c4ccn[nH]4)o3)C2)[C@@H]2CCCCN21. The monoisotopic (exact) mass is 418 g/mol. The molecule has 0 aliphatic carbocycles. The van der Waals surface area contributed by atoms with Crippen LogP contribution in [0.25, 0.3) is 11.5 Å². The van der Waals surface area contributed by atoms with E-state index >= 15 is 0 Å². The molecule has 0 saturated carbocycles. The topological polar surface area (TPSA) is 82.4 Å². The van der Waals surface area contributed by atoms with Crippen LogP contribution >= 0.6 is 0 Å². The van der Waals surface area contributed by atoms with Crippen LogP contribution in [0.1, 0.15) is 45.4 Å². The van der Waals surface area contributed by atoms with Crippen molar-refractivity contribution in [3.8, 4) is 11.5 Å². The molecule has 5 heterocycles. The predicted molar refractivity (Wildman–Crippen MR) is 110 cm³/mol. The van der Waals surface area contributed by atoms with Crippen LogP contribution in [0.2, 0.25) is 0 Å². The molecule has 7 nitrogen and oxygen atoms in total. The minimum absolute atomic E-state index is 0.0367. The molecule has 2 aromatic heterocycles. The Hall–Kier alpha value is -1.64. The minimum atomic E-state index is -3.64. The first-order valence-corrected chi connectivity index (χ1v) is 12.4. The van der Waals surface area contributed by atoms with Gasteiger partial charge in [0.15, 0.2) is 5.76 Å². The summed E-state index contributed by atoms with van der Waals surface area (Å²) in [4.78, 5) is 2.74. The van der Waals surface area contributed by atoms with Gasteiger partial charge in [-0.2, -0.15) is 9.40 Å². The van der Waals surface area contributed by atoms with Gasteiger partial charge in [0, 0.05) is 31.4 Å². The number of nitrogens with zero attached hydrogens (tertiary/aromatic N) is 3. The summed E-state index contributed by atoms with van der Waals surface area (Å²) in [6.45, 7) is 4.63. The van der Waals surface area contributed by atoms with E-state index in [1.54, 1.807) is 28.7 Å². The maximum Gasteiger partial charge on any atom is 0.276 e. The second-order valence-electron chi connectivity index (χ2n) is 8.82. The molecule has 158 valence electrons. The fourth-order valence-electron chi connectivity index (χ4n) is 5.88. The van der Waals surface area contributed by atoms with E-state index < -0.39 is 10.0 Å². The van der Waals surface area contributed by atoms with E-state index in [1.165, 1.54) is 25.8 Å². The molecular formula is C21H30N4O3S. The Bertz CT molecular complexity index is 939. The summed E-state index contributed by atoms with van der Waals surface area (Å²) in [5.74, 6) is 1.35. The van der Waals surface area contributed by atoms with Crippen molar-refractivity contribution in [2.24, 2.45) is 11.8 Å². The smallest absolute Gasteiger partial charge is 0.276 e. The lowest BCUT2D eigenvalue weighted by Crippen LogP contribution is -2.64. The largest absolute Gasteiger partial charge is 0.442 e. The van der Waals surface area contributed by atoms with Crippen molar-refractivity contribution < 1.29 is 12.8 Å². The fraction of sp³-hybridized carbons (Fsp3) is 0.667. The second kappa shape index (κ2) is 7.56. The van der Waals surface area contributed by atoms with Crippen LogP contribution in [-0.4, -0.2) is 59.5 Å². The molecule has 0 unspecified atom stereocenters. The molecule has 29 heavy (non-hydrogen) atoms.